The number of hydrogen-bond acceptors (Lipinski definition) is 3. The van der Waals surface area contributed by atoms with E-state index in [1.807, 2.05) is 12.1 Å². The molecule has 0 saturated heterocycles. The lowest BCUT2D eigenvalue weighted by Crippen LogP contribution is -2.19. The average molecular weight is 274 g/mol. The molecule has 1 amide bonds. The molecule has 0 aliphatic heterocycles. The van der Waals surface area contributed by atoms with Gasteiger partial charge < -0.3 is 0 Å². The van der Waals surface area contributed by atoms with Crippen LogP contribution in [0.4, 0.5) is 0 Å². The van der Waals surface area contributed by atoms with Crippen molar-refractivity contribution in [2.75, 3.05) is 0 Å². The Morgan fingerprint density at radius 2 is 1.95 bits per heavy atom. The maximum absolute atomic E-state index is 11.8. The Morgan fingerprint density at radius 3 is 2.58 bits per heavy atom. The van der Waals surface area contributed by atoms with Crippen LogP contribution >= 0.6 is 11.6 Å². The van der Waals surface area contributed by atoms with Gasteiger partial charge in [-0.3, -0.25) is 9.78 Å². The summed E-state index contributed by atoms with van der Waals surface area (Å²) in [6.07, 6.45) is 3.37. The van der Waals surface area contributed by atoms with Gasteiger partial charge in [0.2, 0.25) is 0 Å². The minimum atomic E-state index is -0.278. The van der Waals surface area contributed by atoms with Gasteiger partial charge in [0.05, 0.1) is 5.71 Å². The highest BCUT2D eigenvalue weighted by molar-refractivity contribution is 6.30. The maximum atomic E-state index is 11.8. The number of amides is 1. The number of halogens is 1. The van der Waals surface area contributed by atoms with Gasteiger partial charge in [-0.2, -0.15) is 5.10 Å². The lowest BCUT2D eigenvalue weighted by Gasteiger charge is -2.02. The molecule has 0 atom stereocenters. The maximum Gasteiger partial charge on any atom is 0.271 e. The van der Waals surface area contributed by atoms with Crippen LogP contribution in [0.1, 0.15) is 22.8 Å². The van der Waals surface area contributed by atoms with Crippen LogP contribution < -0.4 is 5.43 Å². The van der Waals surface area contributed by atoms with E-state index in [-0.39, 0.29) is 5.91 Å². The van der Waals surface area contributed by atoms with Crippen LogP contribution in [-0.4, -0.2) is 16.6 Å². The summed E-state index contributed by atoms with van der Waals surface area (Å²) in [5.41, 5.74) is 4.55. The van der Waals surface area contributed by atoms with E-state index >= 15 is 0 Å². The number of benzene rings is 1. The largest absolute Gasteiger partial charge is 0.271 e. The van der Waals surface area contributed by atoms with E-state index in [1.165, 1.54) is 0 Å². The van der Waals surface area contributed by atoms with Crippen molar-refractivity contribution < 1.29 is 4.79 Å². The third-order valence-corrected chi connectivity index (χ3v) is 2.76. The molecule has 0 fully saturated rings. The Hall–Kier alpha value is -2.20. The van der Waals surface area contributed by atoms with Crippen molar-refractivity contribution in [1.29, 1.82) is 0 Å². The van der Waals surface area contributed by atoms with Gasteiger partial charge in [-0.15, -0.1) is 0 Å². The summed E-state index contributed by atoms with van der Waals surface area (Å²) in [5.74, 6) is -0.278. The number of aromatic nitrogens is 1. The van der Waals surface area contributed by atoms with Crippen molar-refractivity contribution in [2.24, 2.45) is 5.10 Å². The molecule has 19 heavy (non-hydrogen) atoms. The molecular formula is C14H12ClN3O. The third-order valence-electron chi connectivity index (χ3n) is 2.51. The van der Waals surface area contributed by atoms with E-state index in [4.69, 9.17) is 11.6 Å². The molecule has 0 radical (unpaired) electrons. The molecule has 1 heterocycles. The van der Waals surface area contributed by atoms with E-state index in [1.54, 1.807) is 43.6 Å². The van der Waals surface area contributed by atoms with Gasteiger partial charge in [-0.1, -0.05) is 17.7 Å². The lowest BCUT2D eigenvalue weighted by molar-refractivity contribution is 0.0955. The number of rotatable bonds is 3. The van der Waals surface area contributed by atoms with Gasteiger partial charge in [0.15, 0.2) is 0 Å². The molecule has 1 aromatic carbocycles. The van der Waals surface area contributed by atoms with Crippen molar-refractivity contribution in [3.63, 3.8) is 0 Å². The second-order valence-electron chi connectivity index (χ2n) is 3.89. The van der Waals surface area contributed by atoms with Crippen LogP contribution in [0.15, 0.2) is 53.9 Å². The standard InChI is InChI=1S/C14H12ClN3O/c1-10(12-3-2-8-16-9-12)17-18-14(19)11-4-6-13(15)7-5-11/h2-9H,1H3,(H,18,19)/b17-10+. The number of carbonyl (C=O) groups excluding carboxylic acids is 1. The van der Waals surface area contributed by atoms with Crippen LogP contribution in [0.2, 0.25) is 5.02 Å². The Bertz CT molecular complexity index is 594. The summed E-state index contributed by atoms with van der Waals surface area (Å²) >= 11 is 5.76. The SMILES string of the molecule is C/C(=N\NC(=O)c1ccc(Cl)cc1)c1cccnc1. The molecular weight excluding hydrogens is 262 g/mol. The van der Waals surface area contributed by atoms with Crippen LogP contribution in [-0.2, 0) is 0 Å². The van der Waals surface area contributed by atoms with Gasteiger partial charge in [0.1, 0.15) is 0 Å². The fourth-order valence-electron chi connectivity index (χ4n) is 1.44. The molecule has 5 heteroatoms. The van der Waals surface area contributed by atoms with E-state index in [0.717, 1.165) is 5.56 Å². The first kappa shape index (κ1) is 13.2. The van der Waals surface area contributed by atoms with Crippen molar-refractivity contribution >= 4 is 23.2 Å². The van der Waals surface area contributed by atoms with E-state index in [9.17, 15) is 4.79 Å². The number of carbonyl (C=O) groups is 1. The average Bonchev–Trinajstić information content (AvgIpc) is 2.46. The third kappa shape index (κ3) is 3.63. The summed E-state index contributed by atoms with van der Waals surface area (Å²) in [4.78, 5) is 15.8. The molecule has 0 aliphatic carbocycles. The first-order valence-electron chi connectivity index (χ1n) is 5.67. The number of hydrogen-bond donors (Lipinski definition) is 1. The van der Waals surface area contributed by atoms with E-state index in [0.29, 0.717) is 16.3 Å². The molecule has 1 N–H and O–H groups in total. The molecule has 0 aliphatic rings. The Labute approximate surface area is 116 Å². The predicted molar refractivity (Wildman–Crippen MR) is 75.4 cm³/mol. The Balaban J connectivity index is 2.06. The van der Waals surface area contributed by atoms with E-state index in [2.05, 4.69) is 15.5 Å². The fraction of sp³-hybridized carbons (Fsp3) is 0.0714. The van der Waals surface area contributed by atoms with Gasteiger partial charge in [0.25, 0.3) is 5.91 Å². The van der Waals surface area contributed by atoms with Gasteiger partial charge in [-0.25, -0.2) is 5.43 Å². The van der Waals surface area contributed by atoms with Crippen LogP contribution in [0.3, 0.4) is 0 Å². The normalized spacial score (nSPS) is 11.2. The summed E-state index contributed by atoms with van der Waals surface area (Å²) in [5, 5.41) is 4.63. The Kier molecular flexibility index (Phi) is 4.26. The van der Waals surface area contributed by atoms with Gasteiger partial charge >= 0.3 is 0 Å². The zero-order valence-corrected chi connectivity index (χ0v) is 11.1. The molecule has 2 rings (SSSR count). The molecule has 0 bridgehead atoms. The van der Waals surface area contributed by atoms with Crippen molar-refractivity contribution in [2.45, 2.75) is 6.92 Å². The predicted octanol–water partition coefficient (Wildman–Crippen LogP) is 2.89. The molecule has 4 nitrogen and oxygen atoms in total. The smallest absolute Gasteiger partial charge is 0.267 e. The fourth-order valence-corrected chi connectivity index (χ4v) is 1.57. The molecule has 0 spiro atoms. The summed E-state index contributed by atoms with van der Waals surface area (Å²) in [6.45, 7) is 1.80. The molecule has 96 valence electrons. The molecule has 0 unspecified atom stereocenters. The molecule has 1 aromatic heterocycles. The molecule has 2 aromatic rings. The van der Waals surface area contributed by atoms with Crippen LogP contribution in [0.25, 0.3) is 0 Å². The highest BCUT2D eigenvalue weighted by atomic mass is 35.5. The zero-order valence-electron chi connectivity index (χ0n) is 10.3. The highest BCUT2D eigenvalue weighted by Gasteiger charge is 2.04. The van der Waals surface area contributed by atoms with E-state index < -0.39 is 0 Å². The van der Waals surface area contributed by atoms with Crippen LogP contribution in [0, 0.1) is 0 Å². The first-order chi connectivity index (χ1) is 9.16. The topological polar surface area (TPSA) is 54.4 Å². The van der Waals surface area contributed by atoms with Crippen molar-refractivity contribution in [3.8, 4) is 0 Å². The monoisotopic (exact) mass is 273 g/mol. The number of nitrogens with zero attached hydrogens (tertiary/aromatic N) is 2. The zero-order chi connectivity index (χ0) is 13.7. The first-order valence-corrected chi connectivity index (χ1v) is 6.05. The second kappa shape index (κ2) is 6.11. The Morgan fingerprint density at radius 1 is 1.21 bits per heavy atom. The number of pyridine rings is 1. The second-order valence-corrected chi connectivity index (χ2v) is 4.32. The van der Waals surface area contributed by atoms with Gasteiger partial charge in [-0.05, 0) is 37.3 Å². The summed E-state index contributed by atoms with van der Waals surface area (Å²) in [6, 6.07) is 10.3. The number of hydrazone groups is 1. The minimum absolute atomic E-state index is 0.278. The molecule has 0 saturated carbocycles. The van der Waals surface area contributed by atoms with Crippen molar-refractivity contribution in [1.82, 2.24) is 10.4 Å². The quantitative estimate of drug-likeness (QED) is 0.690. The van der Waals surface area contributed by atoms with Crippen LogP contribution in [0.5, 0.6) is 0 Å². The van der Waals surface area contributed by atoms with Crippen molar-refractivity contribution in [3.05, 3.63) is 64.9 Å². The summed E-state index contributed by atoms with van der Waals surface area (Å²) in [7, 11) is 0. The lowest BCUT2D eigenvalue weighted by atomic mass is 10.2. The number of nitrogens with one attached hydrogen (secondary N) is 1. The van der Waals surface area contributed by atoms with Gasteiger partial charge in [0, 0.05) is 28.5 Å². The highest BCUT2D eigenvalue weighted by Crippen LogP contribution is 2.09. The summed E-state index contributed by atoms with van der Waals surface area (Å²) < 4.78 is 0. The minimum Gasteiger partial charge on any atom is -0.267 e.